The standard InChI is InChI=1S/C15H15N5O/c1-20-15(16)13(10-4-3-5-12(6-10)21-2)14(19-20)11-7-17-9-18-8-11/h3-9H,16H2,1-2H3. The molecular formula is C15H15N5O. The Morgan fingerprint density at radius 3 is 2.62 bits per heavy atom. The molecule has 0 amide bonds. The number of methoxy groups -OCH3 is 1. The van der Waals surface area contributed by atoms with Gasteiger partial charge in [-0.05, 0) is 17.7 Å². The van der Waals surface area contributed by atoms with Crippen LogP contribution in [0.2, 0.25) is 0 Å². The lowest BCUT2D eigenvalue weighted by atomic mass is 10.0. The van der Waals surface area contributed by atoms with Gasteiger partial charge in [0.05, 0.1) is 12.7 Å². The second kappa shape index (κ2) is 5.24. The molecule has 2 N–H and O–H groups in total. The lowest BCUT2D eigenvalue weighted by molar-refractivity contribution is 0.415. The van der Waals surface area contributed by atoms with Crippen LogP contribution in [0.25, 0.3) is 22.4 Å². The summed E-state index contributed by atoms with van der Waals surface area (Å²) in [5.74, 6) is 1.35. The minimum absolute atomic E-state index is 0.585. The Hall–Kier alpha value is -2.89. The molecular weight excluding hydrogens is 266 g/mol. The summed E-state index contributed by atoms with van der Waals surface area (Å²) < 4.78 is 6.93. The minimum atomic E-state index is 0.585. The van der Waals surface area contributed by atoms with Gasteiger partial charge in [-0.15, -0.1) is 0 Å². The monoisotopic (exact) mass is 281 g/mol. The number of aromatic nitrogens is 4. The van der Waals surface area contributed by atoms with Gasteiger partial charge in [0.25, 0.3) is 0 Å². The van der Waals surface area contributed by atoms with Crippen LogP contribution in [0.5, 0.6) is 5.75 Å². The van der Waals surface area contributed by atoms with Crippen LogP contribution < -0.4 is 10.5 Å². The fraction of sp³-hybridized carbons (Fsp3) is 0.133. The second-order valence-corrected chi connectivity index (χ2v) is 4.59. The van der Waals surface area contributed by atoms with Gasteiger partial charge >= 0.3 is 0 Å². The van der Waals surface area contributed by atoms with E-state index in [0.717, 1.165) is 28.1 Å². The van der Waals surface area contributed by atoms with Crippen molar-refractivity contribution in [1.82, 2.24) is 19.7 Å². The van der Waals surface area contributed by atoms with E-state index in [2.05, 4.69) is 15.1 Å². The first kappa shape index (κ1) is 13.1. The highest BCUT2D eigenvalue weighted by Crippen LogP contribution is 2.36. The second-order valence-electron chi connectivity index (χ2n) is 4.59. The van der Waals surface area contributed by atoms with Gasteiger partial charge in [-0.1, -0.05) is 12.1 Å². The summed E-state index contributed by atoms with van der Waals surface area (Å²) in [6.45, 7) is 0. The largest absolute Gasteiger partial charge is 0.497 e. The molecule has 0 aliphatic carbocycles. The van der Waals surface area contributed by atoms with Crippen LogP contribution >= 0.6 is 0 Å². The summed E-state index contributed by atoms with van der Waals surface area (Å²) in [5, 5.41) is 4.48. The zero-order valence-electron chi connectivity index (χ0n) is 11.8. The number of nitrogens with zero attached hydrogens (tertiary/aromatic N) is 4. The highest BCUT2D eigenvalue weighted by molar-refractivity contribution is 5.88. The topological polar surface area (TPSA) is 78.9 Å². The first-order chi connectivity index (χ1) is 10.2. The van der Waals surface area contributed by atoms with Crippen molar-refractivity contribution in [2.45, 2.75) is 0 Å². The van der Waals surface area contributed by atoms with Crippen molar-refractivity contribution in [1.29, 1.82) is 0 Å². The third-order valence-electron chi connectivity index (χ3n) is 3.28. The van der Waals surface area contributed by atoms with Crippen LogP contribution in [0, 0.1) is 0 Å². The molecule has 0 unspecified atom stereocenters. The predicted octanol–water partition coefficient (Wildman–Crippen LogP) is 2.13. The number of nitrogen functional groups attached to an aromatic ring is 1. The first-order valence-corrected chi connectivity index (χ1v) is 6.43. The molecule has 2 aromatic heterocycles. The van der Waals surface area contributed by atoms with Crippen molar-refractivity contribution in [3.8, 4) is 28.1 Å². The maximum absolute atomic E-state index is 6.18. The maximum Gasteiger partial charge on any atom is 0.129 e. The Bertz CT molecular complexity index is 767. The number of hydrogen-bond donors (Lipinski definition) is 1. The molecule has 6 heteroatoms. The van der Waals surface area contributed by atoms with Crippen molar-refractivity contribution in [2.75, 3.05) is 12.8 Å². The number of ether oxygens (including phenoxy) is 1. The van der Waals surface area contributed by atoms with Crippen molar-refractivity contribution in [2.24, 2.45) is 7.05 Å². The predicted molar refractivity (Wildman–Crippen MR) is 80.6 cm³/mol. The maximum atomic E-state index is 6.18. The molecule has 2 heterocycles. The van der Waals surface area contributed by atoms with E-state index in [9.17, 15) is 0 Å². The molecule has 0 bridgehead atoms. The van der Waals surface area contributed by atoms with Gasteiger partial charge in [0.1, 0.15) is 23.6 Å². The average molecular weight is 281 g/mol. The Morgan fingerprint density at radius 2 is 1.90 bits per heavy atom. The molecule has 3 rings (SSSR count). The van der Waals surface area contributed by atoms with E-state index >= 15 is 0 Å². The first-order valence-electron chi connectivity index (χ1n) is 6.43. The van der Waals surface area contributed by atoms with Crippen LogP contribution in [0.15, 0.2) is 43.0 Å². The van der Waals surface area contributed by atoms with Gasteiger partial charge in [-0.3, -0.25) is 4.68 Å². The van der Waals surface area contributed by atoms with Gasteiger partial charge in [-0.2, -0.15) is 5.10 Å². The van der Waals surface area contributed by atoms with Gasteiger partial charge in [0.2, 0.25) is 0 Å². The molecule has 0 saturated carbocycles. The molecule has 0 atom stereocenters. The molecule has 0 aliphatic heterocycles. The molecule has 0 aliphatic rings. The van der Waals surface area contributed by atoms with Gasteiger partial charge in [-0.25, -0.2) is 9.97 Å². The summed E-state index contributed by atoms with van der Waals surface area (Å²) in [6, 6.07) is 7.72. The summed E-state index contributed by atoms with van der Waals surface area (Å²) >= 11 is 0. The van der Waals surface area contributed by atoms with Gasteiger partial charge < -0.3 is 10.5 Å². The minimum Gasteiger partial charge on any atom is -0.497 e. The Labute approximate surface area is 122 Å². The van der Waals surface area contributed by atoms with Crippen LogP contribution in [0.3, 0.4) is 0 Å². The van der Waals surface area contributed by atoms with Crippen LogP contribution in [-0.2, 0) is 7.05 Å². The highest BCUT2D eigenvalue weighted by Gasteiger charge is 2.18. The van der Waals surface area contributed by atoms with Crippen LogP contribution in [0.4, 0.5) is 5.82 Å². The Kier molecular flexibility index (Phi) is 3.27. The van der Waals surface area contributed by atoms with Gasteiger partial charge in [0.15, 0.2) is 0 Å². The molecule has 6 nitrogen and oxygen atoms in total. The van der Waals surface area contributed by atoms with Crippen molar-refractivity contribution in [3.63, 3.8) is 0 Å². The van der Waals surface area contributed by atoms with Crippen molar-refractivity contribution < 1.29 is 4.74 Å². The number of nitrogens with two attached hydrogens (primary N) is 1. The highest BCUT2D eigenvalue weighted by atomic mass is 16.5. The molecule has 106 valence electrons. The molecule has 1 aromatic carbocycles. The fourth-order valence-corrected chi connectivity index (χ4v) is 2.22. The lowest BCUT2D eigenvalue weighted by Crippen LogP contribution is -1.98. The number of anilines is 1. The molecule has 0 spiro atoms. The number of rotatable bonds is 3. The molecule has 3 aromatic rings. The normalized spacial score (nSPS) is 10.6. The van der Waals surface area contributed by atoms with E-state index in [1.807, 2.05) is 31.3 Å². The quantitative estimate of drug-likeness (QED) is 0.795. The number of hydrogen-bond acceptors (Lipinski definition) is 5. The smallest absolute Gasteiger partial charge is 0.129 e. The van der Waals surface area contributed by atoms with E-state index in [1.165, 1.54) is 6.33 Å². The van der Waals surface area contributed by atoms with Gasteiger partial charge in [0, 0.05) is 25.0 Å². The number of aryl methyl sites for hydroxylation is 1. The zero-order chi connectivity index (χ0) is 14.8. The van der Waals surface area contributed by atoms with E-state index in [1.54, 1.807) is 24.2 Å². The molecule has 0 fully saturated rings. The Balaban J connectivity index is 2.22. The van der Waals surface area contributed by atoms with Crippen LogP contribution in [0.1, 0.15) is 0 Å². The summed E-state index contributed by atoms with van der Waals surface area (Å²) in [7, 11) is 3.45. The van der Waals surface area contributed by atoms with E-state index in [-0.39, 0.29) is 0 Å². The summed E-state index contributed by atoms with van der Waals surface area (Å²) in [6.07, 6.45) is 4.93. The average Bonchev–Trinajstić information content (AvgIpc) is 2.84. The van der Waals surface area contributed by atoms with E-state index < -0.39 is 0 Å². The summed E-state index contributed by atoms with van der Waals surface area (Å²) in [5.41, 5.74) is 9.55. The van der Waals surface area contributed by atoms with E-state index in [4.69, 9.17) is 10.5 Å². The lowest BCUT2D eigenvalue weighted by Gasteiger charge is -2.06. The fourth-order valence-electron chi connectivity index (χ4n) is 2.22. The molecule has 21 heavy (non-hydrogen) atoms. The third kappa shape index (κ3) is 2.31. The molecule has 0 radical (unpaired) electrons. The Morgan fingerprint density at radius 1 is 1.14 bits per heavy atom. The SMILES string of the molecule is COc1cccc(-c2c(-c3cncnc3)nn(C)c2N)c1. The molecule has 0 saturated heterocycles. The summed E-state index contributed by atoms with van der Waals surface area (Å²) in [4.78, 5) is 8.09. The van der Waals surface area contributed by atoms with E-state index in [0.29, 0.717) is 5.82 Å². The van der Waals surface area contributed by atoms with Crippen LogP contribution in [-0.4, -0.2) is 26.9 Å². The van der Waals surface area contributed by atoms with Crippen molar-refractivity contribution in [3.05, 3.63) is 43.0 Å². The zero-order valence-corrected chi connectivity index (χ0v) is 11.8. The third-order valence-corrected chi connectivity index (χ3v) is 3.28. The van der Waals surface area contributed by atoms with Crippen molar-refractivity contribution >= 4 is 5.82 Å². The number of benzene rings is 1.